The van der Waals surface area contributed by atoms with Crippen molar-refractivity contribution in [3.8, 4) is 0 Å². The largest absolute Gasteiger partial charge is 0.460 e. The summed E-state index contributed by atoms with van der Waals surface area (Å²) in [5.74, 6) is -1.09. The van der Waals surface area contributed by atoms with Crippen molar-refractivity contribution in [2.45, 2.75) is 78.9 Å². The summed E-state index contributed by atoms with van der Waals surface area (Å²) in [7, 11) is 0. The van der Waals surface area contributed by atoms with E-state index in [9.17, 15) is 14.7 Å². The molecule has 0 saturated carbocycles. The van der Waals surface area contributed by atoms with Gasteiger partial charge in [0, 0.05) is 12.3 Å². The molecule has 2 atom stereocenters. The van der Waals surface area contributed by atoms with Crippen LogP contribution >= 0.6 is 0 Å². The second-order valence-corrected chi connectivity index (χ2v) is 8.85. The molecule has 1 aromatic carbocycles. The Morgan fingerprint density at radius 1 is 1.08 bits per heavy atom. The van der Waals surface area contributed by atoms with E-state index in [0.717, 1.165) is 12.0 Å². The lowest BCUT2D eigenvalue weighted by molar-refractivity contribution is -0.157. The molecule has 4 nitrogen and oxygen atoms in total. The molecule has 1 N–H and O–H groups in total. The van der Waals surface area contributed by atoms with E-state index in [1.807, 2.05) is 71.9 Å². The third-order valence-corrected chi connectivity index (χ3v) is 4.58. The van der Waals surface area contributed by atoms with Gasteiger partial charge in [0.15, 0.2) is 5.78 Å². The fraction of sp³-hybridized carbons (Fsp3) is 0.636. The van der Waals surface area contributed by atoms with Crippen molar-refractivity contribution >= 4 is 11.8 Å². The molecule has 4 heteroatoms. The van der Waals surface area contributed by atoms with Crippen LogP contribution in [0, 0.1) is 11.3 Å². The van der Waals surface area contributed by atoms with Gasteiger partial charge in [-0.1, -0.05) is 57.5 Å². The fourth-order valence-corrected chi connectivity index (χ4v) is 2.77. The highest BCUT2D eigenvalue weighted by Crippen LogP contribution is 2.28. The van der Waals surface area contributed by atoms with Gasteiger partial charge >= 0.3 is 5.97 Å². The number of aliphatic hydroxyl groups excluding tert-OH is 1. The molecular formula is C22H34O4. The van der Waals surface area contributed by atoms with Crippen LogP contribution in [0.15, 0.2) is 30.3 Å². The molecule has 26 heavy (non-hydrogen) atoms. The van der Waals surface area contributed by atoms with E-state index in [2.05, 4.69) is 0 Å². The number of benzene rings is 1. The van der Waals surface area contributed by atoms with Gasteiger partial charge in [-0.05, 0) is 38.2 Å². The van der Waals surface area contributed by atoms with Crippen molar-refractivity contribution in [3.05, 3.63) is 35.9 Å². The molecule has 0 fully saturated rings. The van der Waals surface area contributed by atoms with E-state index >= 15 is 0 Å². The highest BCUT2D eigenvalue weighted by molar-refractivity contribution is 5.84. The number of aliphatic hydroxyl groups is 1. The quantitative estimate of drug-likeness (QED) is 0.664. The number of hydrogen-bond acceptors (Lipinski definition) is 4. The Morgan fingerprint density at radius 2 is 1.65 bits per heavy atom. The number of rotatable bonds is 9. The number of carbonyl (C=O) groups is 2. The average Bonchev–Trinajstić information content (AvgIpc) is 2.52. The zero-order chi connectivity index (χ0) is 20.0. The number of carbonyl (C=O) groups excluding carboxylic acids is 2. The molecule has 0 heterocycles. The van der Waals surface area contributed by atoms with Gasteiger partial charge in [-0.2, -0.15) is 0 Å². The summed E-state index contributed by atoms with van der Waals surface area (Å²) < 4.78 is 5.40. The number of Topliss-reactive ketones (excluding diaryl/α,β-unsaturated/α-hetero) is 1. The van der Waals surface area contributed by atoms with Crippen LogP contribution in [-0.4, -0.2) is 28.6 Å². The molecule has 0 radical (unpaired) electrons. The molecule has 0 bridgehead atoms. The summed E-state index contributed by atoms with van der Waals surface area (Å²) in [5.41, 5.74) is 0.233. The van der Waals surface area contributed by atoms with E-state index in [0.29, 0.717) is 12.8 Å². The van der Waals surface area contributed by atoms with Gasteiger partial charge in [-0.25, -0.2) is 0 Å². The highest BCUT2D eigenvalue weighted by Gasteiger charge is 2.32. The van der Waals surface area contributed by atoms with Gasteiger partial charge in [-0.15, -0.1) is 0 Å². The summed E-state index contributed by atoms with van der Waals surface area (Å²) >= 11 is 0. The first-order valence-corrected chi connectivity index (χ1v) is 9.40. The summed E-state index contributed by atoms with van der Waals surface area (Å²) in [5, 5.41) is 10.7. The molecule has 1 unspecified atom stereocenters. The van der Waals surface area contributed by atoms with E-state index < -0.39 is 17.6 Å². The summed E-state index contributed by atoms with van der Waals surface area (Å²) in [6, 6.07) is 9.62. The molecule has 0 aliphatic carbocycles. The minimum Gasteiger partial charge on any atom is -0.460 e. The lowest BCUT2D eigenvalue weighted by Gasteiger charge is -2.27. The zero-order valence-electron chi connectivity index (χ0n) is 17.0. The van der Waals surface area contributed by atoms with E-state index in [-0.39, 0.29) is 23.6 Å². The summed E-state index contributed by atoms with van der Waals surface area (Å²) in [6.07, 6.45) is 0.449. The third-order valence-electron chi connectivity index (χ3n) is 4.58. The average molecular weight is 363 g/mol. The van der Waals surface area contributed by atoms with Crippen LogP contribution < -0.4 is 0 Å². The number of esters is 1. The number of hydrogen-bond donors (Lipinski definition) is 1. The molecule has 0 aliphatic heterocycles. The maximum Gasteiger partial charge on any atom is 0.306 e. The van der Waals surface area contributed by atoms with Crippen LogP contribution in [-0.2, 0) is 20.7 Å². The van der Waals surface area contributed by atoms with Gasteiger partial charge in [0.2, 0.25) is 0 Å². The molecule has 0 spiro atoms. The topological polar surface area (TPSA) is 63.6 Å². The van der Waals surface area contributed by atoms with Gasteiger partial charge in [-0.3, -0.25) is 9.59 Å². The Hall–Kier alpha value is -1.68. The minimum absolute atomic E-state index is 0.0195. The maximum absolute atomic E-state index is 12.6. The Kier molecular flexibility index (Phi) is 8.01. The van der Waals surface area contributed by atoms with Gasteiger partial charge in [0.25, 0.3) is 0 Å². The Balaban J connectivity index is 2.91. The van der Waals surface area contributed by atoms with E-state index in [1.54, 1.807) is 0 Å². The van der Waals surface area contributed by atoms with Crippen molar-refractivity contribution in [1.82, 2.24) is 0 Å². The first-order valence-electron chi connectivity index (χ1n) is 9.40. The Bertz CT molecular complexity index is 584. The summed E-state index contributed by atoms with van der Waals surface area (Å²) in [4.78, 5) is 24.9. The zero-order valence-corrected chi connectivity index (χ0v) is 17.0. The fourth-order valence-electron chi connectivity index (χ4n) is 2.77. The lowest BCUT2D eigenvalue weighted by Crippen LogP contribution is -2.36. The first-order chi connectivity index (χ1) is 11.9. The normalized spacial score (nSPS) is 14.6. The second kappa shape index (κ2) is 9.31. The van der Waals surface area contributed by atoms with Crippen molar-refractivity contribution in [2.24, 2.45) is 11.3 Å². The third kappa shape index (κ3) is 8.13. The molecule has 0 amide bonds. The highest BCUT2D eigenvalue weighted by atomic mass is 16.6. The van der Waals surface area contributed by atoms with Crippen LogP contribution in [0.3, 0.4) is 0 Å². The van der Waals surface area contributed by atoms with E-state index in [1.165, 1.54) is 0 Å². The van der Waals surface area contributed by atoms with Crippen molar-refractivity contribution in [2.75, 3.05) is 0 Å². The maximum atomic E-state index is 12.6. The SMILES string of the molecule is CCC(C)(C)CC(=O)C(O)[C@@H](CC(=O)OC(C)(C)C)Cc1ccccc1. The minimum atomic E-state index is -1.17. The standard InChI is InChI=1S/C22H34O4/c1-7-22(5,6)15-18(23)20(25)17(13-16-11-9-8-10-12-16)14-19(24)26-21(2,3)4/h8-12,17,20,25H,7,13-15H2,1-6H3/t17-,20?/m1/s1. The van der Waals surface area contributed by atoms with Crippen molar-refractivity contribution in [1.29, 1.82) is 0 Å². The van der Waals surface area contributed by atoms with Crippen LogP contribution in [0.2, 0.25) is 0 Å². The Morgan fingerprint density at radius 3 is 2.15 bits per heavy atom. The molecule has 0 aromatic heterocycles. The first kappa shape index (κ1) is 22.4. The Labute approximate surface area is 158 Å². The van der Waals surface area contributed by atoms with Gasteiger partial charge in [0.05, 0.1) is 6.42 Å². The van der Waals surface area contributed by atoms with Crippen LogP contribution in [0.4, 0.5) is 0 Å². The van der Waals surface area contributed by atoms with Gasteiger partial charge < -0.3 is 9.84 Å². The smallest absolute Gasteiger partial charge is 0.306 e. The number of ketones is 1. The molecular weight excluding hydrogens is 328 g/mol. The van der Waals surface area contributed by atoms with Crippen molar-refractivity contribution < 1.29 is 19.4 Å². The summed E-state index contributed by atoms with van der Waals surface area (Å²) in [6.45, 7) is 11.5. The van der Waals surface area contributed by atoms with Crippen LogP contribution in [0.5, 0.6) is 0 Å². The predicted octanol–water partition coefficient (Wildman–Crippen LogP) is 4.33. The lowest BCUT2D eigenvalue weighted by atomic mass is 9.80. The van der Waals surface area contributed by atoms with Crippen LogP contribution in [0.25, 0.3) is 0 Å². The number of ether oxygens (including phenoxy) is 1. The molecule has 1 aromatic rings. The van der Waals surface area contributed by atoms with Crippen LogP contribution in [0.1, 0.15) is 66.4 Å². The monoisotopic (exact) mass is 362 g/mol. The molecule has 0 aliphatic rings. The van der Waals surface area contributed by atoms with E-state index in [4.69, 9.17) is 4.74 Å². The molecule has 1 rings (SSSR count). The second-order valence-electron chi connectivity index (χ2n) is 8.85. The van der Waals surface area contributed by atoms with Crippen molar-refractivity contribution in [3.63, 3.8) is 0 Å². The molecule has 146 valence electrons. The predicted molar refractivity (Wildman–Crippen MR) is 104 cm³/mol. The molecule has 0 saturated heterocycles. The van der Waals surface area contributed by atoms with Gasteiger partial charge in [0.1, 0.15) is 11.7 Å².